The van der Waals surface area contributed by atoms with Gasteiger partial charge in [-0.2, -0.15) is 0 Å². The Labute approximate surface area is 122 Å². The molecule has 0 atom stereocenters. The SMILES string of the molecule is Brc1cc(Br)c2ncnc(N3CCOCC3)c2c1. The number of halogens is 2. The van der Waals surface area contributed by atoms with Gasteiger partial charge in [0.25, 0.3) is 0 Å². The van der Waals surface area contributed by atoms with Gasteiger partial charge in [-0.25, -0.2) is 9.97 Å². The third kappa shape index (κ3) is 2.24. The minimum absolute atomic E-state index is 0.751. The molecule has 2 heterocycles. The summed E-state index contributed by atoms with van der Waals surface area (Å²) >= 11 is 7.06. The second kappa shape index (κ2) is 5.11. The van der Waals surface area contributed by atoms with E-state index < -0.39 is 0 Å². The van der Waals surface area contributed by atoms with Crippen LogP contribution in [-0.4, -0.2) is 36.3 Å². The first-order chi connectivity index (χ1) is 8.75. The van der Waals surface area contributed by atoms with Crippen LogP contribution in [0.3, 0.4) is 0 Å². The van der Waals surface area contributed by atoms with Gasteiger partial charge in [0, 0.05) is 27.4 Å². The molecule has 0 unspecified atom stereocenters. The number of anilines is 1. The van der Waals surface area contributed by atoms with Crippen LogP contribution in [0.1, 0.15) is 0 Å². The Morgan fingerprint density at radius 1 is 1.11 bits per heavy atom. The Morgan fingerprint density at radius 3 is 2.67 bits per heavy atom. The molecule has 1 aromatic heterocycles. The lowest BCUT2D eigenvalue weighted by molar-refractivity contribution is 0.122. The summed E-state index contributed by atoms with van der Waals surface area (Å²) in [5, 5.41) is 1.06. The summed E-state index contributed by atoms with van der Waals surface area (Å²) in [6.07, 6.45) is 1.62. The number of fused-ring (bicyclic) bond motifs is 1. The summed E-state index contributed by atoms with van der Waals surface area (Å²) in [5.74, 6) is 0.977. The maximum Gasteiger partial charge on any atom is 0.140 e. The molecule has 1 aromatic carbocycles. The summed E-state index contributed by atoms with van der Waals surface area (Å²) in [6.45, 7) is 3.24. The first-order valence-corrected chi connectivity index (χ1v) is 7.27. The number of nitrogens with zero attached hydrogens (tertiary/aromatic N) is 3. The highest BCUT2D eigenvalue weighted by Crippen LogP contribution is 2.31. The van der Waals surface area contributed by atoms with Crippen molar-refractivity contribution in [3.8, 4) is 0 Å². The molecule has 3 rings (SSSR count). The third-order valence-electron chi connectivity index (χ3n) is 2.95. The van der Waals surface area contributed by atoms with Crippen LogP contribution in [0.25, 0.3) is 10.9 Å². The molecule has 0 radical (unpaired) electrons. The summed E-state index contributed by atoms with van der Waals surface area (Å²) in [4.78, 5) is 11.0. The topological polar surface area (TPSA) is 38.2 Å². The lowest BCUT2D eigenvalue weighted by atomic mass is 10.2. The number of rotatable bonds is 1. The van der Waals surface area contributed by atoms with Gasteiger partial charge in [-0.3, -0.25) is 0 Å². The molecule has 4 nitrogen and oxygen atoms in total. The molecule has 1 aliphatic heterocycles. The monoisotopic (exact) mass is 371 g/mol. The van der Waals surface area contributed by atoms with Crippen LogP contribution in [0.15, 0.2) is 27.4 Å². The highest BCUT2D eigenvalue weighted by Gasteiger charge is 2.16. The number of morpholine rings is 1. The van der Waals surface area contributed by atoms with E-state index in [9.17, 15) is 0 Å². The second-order valence-corrected chi connectivity index (χ2v) is 5.85. The smallest absolute Gasteiger partial charge is 0.140 e. The molecule has 94 valence electrons. The summed E-state index contributed by atoms with van der Waals surface area (Å²) in [5.41, 5.74) is 0.940. The van der Waals surface area contributed by atoms with E-state index >= 15 is 0 Å². The minimum atomic E-state index is 0.751. The van der Waals surface area contributed by atoms with Crippen molar-refractivity contribution in [1.29, 1.82) is 0 Å². The molecule has 18 heavy (non-hydrogen) atoms. The summed E-state index contributed by atoms with van der Waals surface area (Å²) < 4.78 is 7.37. The number of hydrogen-bond donors (Lipinski definition) is 0. The zero-order chi connectivity index (χ0) is 12.5. The van der Waals surface area contributed by atoms with Gasteiger partial charge in [-0.05, 0) is 28.1 Å². The molecule has 6 heteroatoms. The number of benzene rings is 1. The fraction of sp³-hybridized carbons (Fsp3) is 0.333. The molecule has 1 fully saturated rings. The van der Waals surface area contributed by atoms with Crippen molar-refractivity contribution in [3.05, 3.63) is 27.4 Å². The van der Waals surface area contributed by atoms with Gasteiger partial charge in [-0.15, -0.1) is 0 Å². The molecule has 2 aromatic rings. The van der Waals surface area contributed by atoms with Gasteiger partial charge >= 0.3 is 0 Å². The molecule has 0 bridgehead atoms. The maximum absolute atomic E-state index is 5.38. The molecule has 0 spiro atoms. The standard InChI is InChI=1S/C12H11Br2N3O/c13-8-5-9-11(10(14)6-8)15-7-16-12(9)17-1-3-18-4-2-17/h5-7H,1-4H2. The zero-order valence-corrected chi connectivity index (χ0v) is 12.7. The van der Waals surface area contributed by atoms with E-state index in [1.807, 2.05) is 6.07 Å². The van der Waals surface area contributed by atoms with Crippen molar-refractivity contribution in [2.75, 3.05) is 31.2 Å². The van der Waals surface area contributed by atoms with E-state index in [-0.39, 0.29) is 0 Å². The lowest BCUT2D eigenvalue weighted by Crippen LogP contribution is -2.36. The molecule has 0 saturated carbocycles. The quantitative estimate of drug-likeness (QED) is 0.771. The Bertz CT molecular complexity index is 585. The zero-order valence-electron chi connectivity index (χ0n) is 9.57. The largest absolute Gasteiger partial charge is 0.378 e. The lowest BCUT2D eigenvalue weighted by Gasteiger charge is -2.28. The highest BCUT2D eigenvalue weighted by atomic mass is 79.9. The van der Waals surface area contributed by atoms with E-state index in [4.69, 9.17) is 4.74 Å². The normalized spacial score (nSPS) is 16.2. The molecular weight excluding hydrogens is 362 g/mol. The van der Waals surface area contributed by atoms with Crippen molar-refractivity contribution in [1.82, 2.24) is 9.97 Å². The van der Waals surface area contributed by atoms with Gasteiger partial charge in [0.2, 0.25) is 0 Å². The molecule has 0 amide bonds. The second-order valence-electron chi connectivity index (χ2n) is 4.08. The number of ether oxygens (including phenoxy) is 1. The van der Waals surface area contributed by atoms with Crippen molar-refractivity contribution in [2.45, 2.75) is 0 Å². The minimum Gasteiger partial charge on any atom is -0.378 e. The predicted octanol–water partition coefficient (Wildman–Crippen LogP) is 2.99. The van der Waals surface area contributed by atoms with Crippen molar-refractivity contribution in [3.63, 3.8) is 0 Å². The van der Waals surface area contributed by atoms with Crippen LogP contribution in [-0.2, 0) is 4.74 Å². The fourth-order valence-electron chi connectivity index (χ4n) is 2.11. The Kier molecular flexibility index (Phi) is 3.50. The molecule has 1 saturated heterocycles. The van der Waals surface area contributed by atoms with Gasteiger partial charge in [0.1, 0.15) is 12.1 Å². The summed E-state index contributed by atoms with van der Waals surface area (Å²) in [7, 11) is 0. The first-order valence-electron chi connectivity index (χ1n) is 5.68. The highest BCUT2D eigenvalue weighted by molar-refractivity contribution is 9.11. The number of aromatic nitrogens is 2. The Hall–Kier alpha value is -0.720. The third-order valence-corrected chi connectivity index (χ3v) is 4.01. The molecule has 0 N–H and O–H groups in total. The molecule has 1 aliphatic rings. The van der Waals surface area contributed by atoms with Gasteiger partial charge < -0.3 is 9.64 Å². The van der Waals surface area contributed by atoms with Crippen LogP contribution in [0.5, 0.6) is 0 Å². The van der Waals surface area contributed by atoms with Gasteiger partial charge in [0.05, 0.1) is 18.7 Å². The van der Waals surface area contributed by atoms with E-state index in [0.29, 0.717) is 0 Å². The van der Waals surface area contributed by atoms with Crippen molar-refractivity contribution >= 4 is 48.6 Å². The van der Waals surface area contributed by atoms with Crippen LogP contribution < -0.4 is 4.90 Å². The molecule has 0 aliphatic carbocycles. The first kappa shape index (κ1) is 12.3. The average molecular weight is 373 g/mol. The van der Waals surface area contributed by atoms with Crippen LogP contribution in [0.4, 0.5) is 5.82 Å². The van der Waals surface area contributed by atoms with Crippen molar-refractivity contribution in [2.24, 2.45) is 0 Å². The van der Waals surface area contributed by atoms with Gasteiger partial charge in [-0.1, -0.05) is 15.9 Å². The average Bonchev–Trinajstić information content (AvgIpc) is 2.39. The Balaban J connectivity index is 2.16. The fourth-order valence-corrected chi connectivity index (χ4v) is 3.43. The van der Waals surface area contributed by atoms with Crippen LogP contribution >= 0.6 is 31.9 Å². The predicted molar refractivity (Wildman–Crippen MR) is 78.0 cm³/mol. The van der Waals surface area contributed by atoms with E-state index in [1.54, 1.807) is 6.33 Å². The van der Waals surface area contributed by atoms with Crippen molar-refractivity contribution < 1.29 is 4.74 Å². The van der Waals surface area contributed by atoms with Crippen LogP contribution in [0, 0.1) is 0 Å². The van der Waals surface area contributed by atoms with E-state index in [1.165, 1.54) is 0 Å². The Morgan fingerprint density at radius 2 is 1.89 bits per heavy atom. The van der Waals surface area contributed by atoms with Crippen LogP contribution in [0.2, 0.25) is 0 Å². The number of hydrogen-bond acceptors (Lipinski definition) is 4. The maximum atomic E-state index is 5.38. The summed E-state index contributed by atoms with van der Waals surface area (Å²) in [6, 6.07) is 4.06. The van der Waals surface area contributed by atoms with E-state index in [0.717, 1.165) is 52.0 Å². The molecular formula is C12H11Br2N3O. The van der Waals surface area contributed by atoms with Gasteiger partial charge in [0.15, 0.2) is 0 Å². The van der Waals surface area contributed by atoms with E-state index in [2.05, 4.69) is 52.8 Å².